The summed E-state index contributed by atoms with van der Waals surface area (Å²) in [4.78, 5) is 28.3. The molecule has 0 saturated heterocycles. The largest absolute Gasteiger partial charge is 0.287 e. The van der Waals surface area contributed by atoms with Gasteiger partial charge in [-0.3, -0.25) is 14.1 Å². The first-order chi connectivity index (χ1) is 12.5. The van der Waals surface area contributed by atoms with Gasteiger partial charge in [0.25, 0.3) is 5.56 Å². The summed E-state index contributed by atoms with van der Waals surface area (Å²) < 4.78 is 1.47. The van der Waals surface area contributed by atoms with E-state index in [1.807, 2.05) is 6.20 Å². The average molecular weight is 370 g/mol. The molecule has 0 amide bonds. The van der Waals surface area contributed by atoms with Crippen molar-refractivity contribution < 1.29 is 0 Å². The van der Waals surface area contributed by atoms with Crippen molar-refractivity contribution in [2.24, 2.45) is 5.92 Å². The van der Waals surface area contributed by atoms with Gasteiger partial charge in [-0.25, -0.2) is 15.0 Å². The Kier molecular flexibility index (Phi) is 4.46. The summed E-state index contributed by atoms with van der Waals surface area (Å²) in [6.07, 6.45) is 4.41. The second-order valence-electron chi connectivity index (χ2n) is 7.16. The van der Waals surface area contributed by atoms with Crippen molar-refractivity contribution in [3.63, 3.8) is 0 Å². The molecule has 0 saturated carbocycles. The Labute approximate surface area is 156 Å². The van der Waals surface area contributed by atoms with E-state index in [2.05, 4.69) is 28.7 Å². The molecule has 26 heavy (non-hydrogen) atoms. The van der Waals surface area contributed by atoms with Crippen LogP contribution < -0.4 is 5.56 Å². The Morgan fingerprint density at radius 3 is 2.88 bits per heavy atom. The molecule has 0 N–H and O–H groups in total. The number of hydrogen-bond donors (Lipinski definition) is 0. The molecule has 4 rings (SSSR count). The van der Waals surface area contributed by atoms with Crippen molar-refractivity contribution in [3.05, 3.63) is 68.7 Å². The molecule has 0 fully saturated rings. The molecule has 134 valence electrons. The third-order valence-electron chi connectivity index (χ3n) is 4.42. The minimum atomic E-state index is -0.122. The molecule has 7 heteroatoms. The fourth-order valence-electron chi connectivity index (χ4n) is 3.27. The van der Waals surface area contributed by atoms with Crippen LogP contribution in [0.4, 0.5) is 0 Å². The highest BCUT2D eigenvalue weighted by molar-refractivity contribution is 6.30. The SMILES string of the molecule is CC(C)Cc1ncc2c(n1)CN(Cc1cc(=O)n3cc(Cl)ccc3n1)C2. The van der Waals surface area contributed by atoms with Gasteiger partial charge in [0.15, 0.2) is 0 Å². The zero-order valence-corrected chi connectivity index (χ0v) is 15.6. The summed E-state index contributed by atoms with van der Waals surface area (Å²) in [5.41, 5.74) is 3.47. The lowest BCUT2D eigenvalue weighted by Crippen LogP contribution is -2.21. The Hall–Kier alpha value is -2.31. The smallest absolute Gasteiger partial charge is 0.258 e. The van der Waals surface area contributed by atoms with Crippen LogP contribution in [-0.4, -0.2) is 24.3 Å². The van der Waals surface area contributed by atoms with E-state index in [0.29, 0.717) is 23.1 Å². The Morgan fingerprint density at radius 2 is 2.08 bits per heavy atom. The molecule has 1 aliphatic heterocycles. The van der Waals surface area contributed by atoms with Crippen LogP contribution in [-0.2, 0) is 26.1 Å². The summed E-state index contributed by atoms with van der Waals surface area (Å²) in [5.74, 6) is 1.44. The van der Waals surface area contributed by atoms with Gasteiger partial charge in [-0.15, -0.1) is 0 Å². The predicted octanol–water partition coefficient (Wildman–Crippen LogP) is 2.85. The minimum absolute atomic E-state index is 0.122. The Bertz CT molecular complexity index is 1030. The monoisotopic (exact) mass is 369 g/mol. The van der Waals surface area contributed by atoms with Crippen LogP contribution in [0.3, 0.4) is 0 Å². The van der Waals surface area contributed by atoms with Crippen molar-refractivity contribution in [3.8, 4) is 0 Å². The third-order valence-corrected chi connectivity index (χ3v) is 4.65. The molecule has 1 aliphatic rings. The molecular formula is C19H20ClN5O. The molecule has 6 nitrogen and oxygen atoms in total. The molecule has 0 unspecified atom stereocenters. The molecule has 3 aromatic heterocycles. The van der Waals surface area contributed by atoms with Crippen molar-refractivity contribution in [2.45, 2.75) is 39.9 Å². The number of aromatic nitrogens is 4. The van der Waals surface area contributed by atoms with E-state index in [9.17, 15) is 4.79 Å². The van der Waals surface area contributed by atoms with Gasteiger partial charge in [-0.05, 0) is 18.1 Å². The maximum absolute atomic E-state index is 12.3. The normalized spacial score (nSPS) is 14.3. The first-order valence-corrected chi connectivity index (χ1v) is 9.09. The van der Waals surface area contributed by atoms with Gasteiger partial charge in [-0.1, -0.05) is 25.4 Å². The van der Waals surface area contributed by atoms with Gasteiger partial charge >= 0.3 is 0 Å². The fraction of sp³-hybridized carbons (Fsp3) is 0.368. The quantitative estimate of drug-likeness (QED) is 0.707. The lowest BCUT2D eigenvalue weighted by molar-refractivity contribution is 0.270. The molecule has 0 spiro atoms. The van der Waals surface area contributed by atoms with Crippen molar-refractivity contribution >= 4 is 17.2 Å². The lowest BCUT2D eigenvalue weighted by atomic mass is 10.1. The first kappa shape index (κ1) is 17.1. The molecule has 0 bridgehead atoms. The minimum Gasteiger partial charge on any atom is -0.287 e. The van der Waals surface area contributed by atoms with Gasteiger partial charge in [0.05, 0.1) is 16.4 Å². The molecule has 0 atom stereocenters. The van der Waals surface area contributed by atoms with Crippen LogP contribution in [0.25, 0.3) is 5.65 Å². The summed E-state index contributed by atoms with van der Waals surface area (Å²) in [5, 5.41) is 0.514. The molecule has 3 aromatic rings. The van der Waals surface area contributed by atoms with E-state index in [0.717, 1.165) is 42.3 Å². The van der Waals surface area contributed by atoms with Crippen LogP contribution in [0.2, 0.25) is 5.02 Å². The van der Waals surface area contributed by atoms with Crippen LogP contribution in [0, 0.1) is 5.92 Å². The van der Waals surface area contributed by atoms with Crippen molar-refractivity contribution in [2.75, 3.05) is 0 Å². The fourth-order valence-corrected chi connectivity index (χ4v) is 3.43. The van der Waals surface area contributed by atoms with Crippen LogP contribution in [0.1, 0.15) is 36.6 Å². The number of nitrogens with zero attached hydrogens (tertiary/aromatic N) is 5. The molecule has 0 aliphatic carbocycles. The van der Waals surface area contributed by atoms with E-state index in [-0.39, 0.29) is 5.56 Å². The van der Waals surface area contributed by atoms with E-state index < -0.39 is 0 Å². The second-order valence-corrected chi connectivity index (χ2v) is 7.60. The maximum atomic E-state index is 12.3. The van der Waals surface area contributed by atoms with Crippen LogP contribution in [0.15, 0.2) is 35.4 Å². The highest BCUT2D eigenvalue weighted by Gasteiger charge is 2.22. The molecule has 0 radical (unpaired) electrons. The van der Waals surface area contributed by atoms with E-state index >= 15 is 0 Å². The third kappa shape index (κ3) is 3.48. The predicted molar refractivity (Wildman–Crippen MR) is 100.0 cm³/mol. The van der Waals surface area contributed by atoms with Gasteiger partial charge in [0, 0.05) is 50.1 Å². The van der Waals surface area contributed by atoms with E-state index in [1.54, 1.807) is 24.4 Å². The standard InChI is InChI=1S/C19H20ClN5O/c1-12(2)5-17-21-7-13-8-24(11-16(13)23-17)10-15-6-19(26)25-9-14(20)3-4-18(25)22-15/h3-4,6-7,9,12H,5,8,10-11H2,1-2H3. The summed E-state index contributed by atoms with van der Waals surface area (Å²) in [6.45, 7) is 6.47. The summed E-state index contributed by atoms with van der Waals surface area (Å²) >= 11 is 5.96. The van der Waals surface area contributed by atoms with Gasteiger partial charge in [0.2, 0.25) is 0 Å². The number of halogens is 1. The van der Waals surface area contributed by atoms with Gasteiger partial charge < -0.3 is 0 Å². The molecule has 4 heterocycles. The van der Waals surface area contributed by atoms with Crippen molar-refractivity contribution in [1.29, 1.82) is 0 Å². The second kappa shape index (κ2) is 6.78. The van der Waals surface area contributed by atoms with Crippen LogP contribution >= 0.6 is 11.6 Å². The van der Waals surface area contributed by atoms with E-state index in [1.165, 1.54) is 4.40 Å². The topological polar surface area (TPSA) is 63.4 Å². The summed E-state index contributed by atoms with van der Waals surface area (Å²) in [6, 6.07) is 5.07. The van der Waals surface area contributed by atoms with Gasteiger partial charge in [0.1, 0.15) is 11.5 Å². The van der Waals surface area contributed by atoms with E-state index in [4.69, 9.17) is 16.6 Å². The zero-order chi connectivity index (χ0) is 18.3. The van der Waals surface area contributed by atoms with Crippen molar-refractivity contribution in [1.82, 2.24) is 24.3 Å². The number of pyridine rings is 1. The molecule has 0 aromatic carbocycles. The van der Waals surface area contributed by atoms with Gasteiger partial charge in [-0.2, -0.15) is 0 Å². The van der Waals surface area contributed by atoms with Crippen LogP contribution in [0.5, 0.6) is 0 Å². The zero-order valence-electron chi connectivity index (χ0n) is 14.8. The first-order valence-electron chi connectivity index (χ1n) is 8.72. The Morgan fingerprint density at radius 1 is 1.23 bits per heavy atom. The number of hydrogen-bond acceptors (Lipinski definition) is 5. The highest BCUT2D eigenvalue weighted by Crippen LogP contribution is 2.22. The number of fused-ring (bicyclic) bond motifs is 2. The molecular weight excluding hydrogens is 350 g/mol. The Balaban J connectivity index is 1.54. The maximum Gasteiger partial charge on any atom is 0.258 e. The summed E-state index contributed by atoms with van der Waals surface area (Å²) in [7, 11) is 0. The average Bonchev–Trinajstić information content (AvgIpc) is 2.96. The number of rotatable bonds is 4. The lowest BCUT2D eigenvalue weighted by Gasteiger charge is -2.14. The highest BCUT2D eigenvalue weighted by atomic mass is 35.5.